The Bertz CT molecular complexity index is 424. The van der Waals surface area contributed by atoms with Crippen LogP contribution in [0.4, 0.5) is 8.78 Å². The van der Waals surface area contributed by atoms with Gasteiger partial charge in [-0.2, -0.15) is 0 Å². The second-order valence-corrected chi connectivity index (χ2v) is 4.18. The van der Waals surface area contributed by atoms with E-state index < -0.39 is 23.6 Å². The standard InChI is InChI=1S/C14H19F2NO2/c1-3-7-17-13(9-14(18)19-4-2)11-8-10(15)5-6-12(11)16/h5-6,8,13,17H,3-4,7,9H2,1-2H3. The van der Waals surface area contributed by atoms with E-state index in [2.05, 4.69) is 5.32 Å². The van der Waals surface area contributed by atoms with Crippen LogP contribution in [0.2, 0.25) is 0 Å². The molecule has 106 valence electrons. The van der Waals surface area contributed by atoms with Crippen LogP contribution in [0.15, 0.2) is 18.2 Å². The molecular formula is C14H19F2NO2. The Labute approximate surface area is 112 Å². The summed E-state index contributed by atoms with van der Waals surface area (Å²) in [5, 5.41) is 3.04. The Morgan fingerprint density at radius 1 is 1.37 bits per heavy atom. The number of ether oxygens (including phenoxy) is 1. The third kappa shape index (κ3) is 4.95. The topological polar surface area (TPSA) is 38.3 Å². The molecule has 1 aromatic carbocycles. The number of esters is 1. The molecule has 0 bridgehead atoms. The van der Waals surface area contributed by atoms with E-state index in [1.54, 1.807) is 6.92 Å². The van der Waals surface area contributed by atoms with Gasteiger partial charge in [0.05, 0.1) is 13.0 Å². The van der Waals surface area contributed by atoms with E-state index in [0.717, 1.165) is 24.6 Å². The van der Waals surface area contributed by atoms with Crippen molar-refractivity contribution in [1.29, 1.82) is 0 Å². The minimum absolute atomic E-state index is 0.0196. The van der Waals surface area contributed by atoms with E-state index in [-0.39, 0.29) is 18.6 Å². The van der Waals surface area contributed by atoms with Gasteiger partial charge < -0.3 is 10.1 Å². The van der Waals surface area contributed by atoms with Crippen LogP contribution in [0.1, 0.15) is 38.3 Å². The van der Waals surface area contributed by atoms with Crippen LogP contribution in [-0.4, -0.2) is 19.1 Å². The molecule has 0 aliphatic rings. The smallest absolute Gasteiger partial charge is 0.307 e. The van der Waals surface area contributed by atoms with Gasteiger partial charge in [-0.25, -0.2) is 8.78 Å². The summed E-state index contributed by atoms with van der Waals surface area (Å²) in [6, 6.07) is 2.66. The molecule has 0 spiro atoms. The average molecular weight is 271 g/mol. The predicted molar refractivity (Wildman–Crippen MR) is 68.6 cm³/mol. The highest BCUT2D eigenvalue weighted by Crippen LogP contribution is 2.22. The SMILES string of the molecule is CCCNC(CC(=O)OCC)c1cc(F)ccc1F. The third-order valence-corrected chi connectivity index (χ3v) is 2.65. The lowest BCUT2D eigenvalue weighted by Crippen LogP contribution is -2.26. The minimum atomic E-state index is -0.574. The van der Waals surface area contributed by atoms with Crippen molar-refractivity contribution >= 4 is 5.97 Å². The van der Waals surface area contributed by atoms with Crippen molar-refractivity contribution in [1.82, 2.24) is 5.32 Å². The zero-order chi connectivity index (χ0) is 14.3. The van der Waals surface area contributed by atoms with Crippen molar-refractivity contribution in [2.75, 3.05) is 13.2 Å². The first-order chi connectivity index (χ1) is 9.08. The molecule has 5 heteroatoms. The molecule has 3 nitrogen and oxygen atoms in total. The first kappa shape index (κ1) is 15.6. The number of nitrogens with one attached hydrogen (secondary N) is 1. The summed E-state index contributed by atoms with van der Waals surface area (Å²) < 4.78 is 31.8. The van der Waals surface area contributed by atoms with Gasteiger partial charge >= 0.3 is 5.97 Å². The van der Waals surface area contributed by atoms with Gasteiger partial charge in [0.15, 0.2) is 0 Å². The fourth-order valence-electron chi connectivity index (χ4n) is 1.78. The lowest BCUT2D eigenvalue weighted by atomic mass is 10.0. The maximum absolute atomic E-state index is 13.7. The Morgan fingerprint density at radius 3 is 2.74 bits per heavy atom. The zero-order valence-corrected chi connectivity index (χ0v) is 11.2. The summed E-state index contributed by atoms with van der Waals surface area (Å²) in [6.45, 7) is 4.54. The molecule has 0 saturated heterocycles. The Morgan fingerprint density at radius 2 is 2.11 bits per heavy atom. The number of hydrogen-bond acceptors (Lipinski definition) is 3. The molecule has 0 fully saturated rings. The normalized spacial score (nSPS) is 12.2. The van der Waals surface area contributed by atoms with E-state index in [1.807, 2.05) is 6.92 Å². The lowest BCUT2D eigenvalue weighted by Gasteiger charge is -2.18. The Balaban J connectivity index is 2.88. The molecule has 0 heterocycles. The average Bonchev–Trinajstić information content (AvgIpc) is 2.38. The number of halogens is 2. The van der Waals surface area contributed by atoms with Gasteiger partial charge in [-0.1, -0.05) is 6.92 Å². The second-order valence-electron chi connectivity index (χ2n) is 4.18. The number of hydrogen-bond donors (Lipinski definition) is 1. The molecule has 1 N–H and O–H groups in total. The molecule has 1 aromatic rings. The lowest BCUT2D eigenvalue weighted by molar-refractivity contribution is -0.143. The highest BCUT2D eigenvalue weighted by atomic mass is 19.1. The molecule has 0 saturated carbocycles. The van der Waals surface area contributed by atoms with Crippen LogP contribution in [0.5, 0.6) is 0 Å². The van der Waals surface area contributed by atoms with Crippen molar-refractivity contribution < 1.29 is 18.3 Å². The molecule has 0 radical (unpaired) electrons. The summed E-state index contributed by atoms with van der Waals surface area (Å²) in [7, 11) is 0. The molecule has 1 atom stereocenters. The van der Waals surface area contributed by atoms with E-state index in [1.165, 1.54) is 0 Å². The molecule has 1 unspecified atom stereocenters. The maximum Gasteiger partial charge on any atom is 0.307 e. The van der Waals surface area contributed by atoms with Crippen molar-refractivity contribution in [3.63, 3.8) is 0 Å². The first-order valence-corrected chi connectivity index (χ1v) is 6.42. The number of carbonyl (C=O) groups is 1. The summed E-state index contributed by atoms with van der Waals surface area (Å²) in [6.07, 6.45) is 0.810. The van der Waals surface area contributed by atoms with Crippen LogP contribution in [0.25, 0.3) is 0 Å². The van der Waals surface area contributed by atoms with Crippen LogP contribution < -0.4 is 5.32 Å². The van der Waals surface area contributed by atoms with Gasteiger partial charge in [-0.3, -0.25) is 4.79 Å². The molecule has 19 heavy (non-hydrogen) atoms. The summed E-state index contributed by atoms with van der Waals surface area (Å²) in [5.41, 5.74) is 0.154. The van der Waals surface area contributed by atoms with Crippen molar-refractivity contribution in [3.05, 3.63) is 35.4 Å². The van der Waals surface area contributed by atoms with Gasteiger partial charge in [0, 0.05) is 11.6 Å². The number of benzene rings is 1. The molecule has 1 rings (SSSR count). The Hall–Kier alpha value is -1.49. The molecular weight excluding hydrogens is 252 g/mol. The molecule has 0 amide bonds. The fourth-order valence-corrected chi connectivity index (χ4v) is 1.78. The minimum Gasteiger partial charge on any atom is -0.466 e. The van der Waals surface area contributed by atoms with Crippen LogP contribution in [0.3, 0.4) is 0 Å². The van der Waals surface area contributed by atoms with Crippen LogP contribution in [0, 0.1) is 11.6 Å². The highest BCUT2D eigenvalue weighted by molar-refractivity contribution is 5.70. The third-order valence-electron chi connectivity index (χ3n) is 2.65. The van der Waals surface area contributed by atoms with Gasteiger partial charge in [0.25, 0.3) is 0 Å². The predicted octanol–water partition coefficient (Wildman–Crippen LogP) is 2.96. The van der Waals surface area contributed by atoms with Gasteiger partial charge in [0.1, 0.15) is 11.6 Å². The quantitative estimate of drug-likeness (QED) is 0.775. The monoisotopic (exact) mass is 271 g/mol. The van der Waals surface area contributed by atoms with Crippen LogP contribution in [-0.2, 0) is 9.53 Å². The second kappa shape index (κ2) is 7.84. The van der Waals surface area contributed by atoms with Gasteiger partial charge in [0.2, 0.25) is 0 Å². The summed E-state index contributed by atoms with van der Waals surface area (Å²) in [4.78, 5) is 11.5. The Kier molecular flexibility index (Phi) is 6.42. The van der Waals surface area contributed by atoms with Crippen molar-refractivity contribution in [2.45, 2.75) is 32.7 Å². The highest BCUT2D eigenvalue weighted by Gasteiger charge is 2.20. The molecule has 0 aliphatic carbocycles. The summed E-state index contributed by atoms with van der Waals surface area (Å²) in [5.74, 6) is -1.48. The van der Waals surface area contributed by atoms with Gasteiger partial charge in [-0.15, -0.1) is 0 Å². The summed E-state index contributed by atoms with van der Waals surface area (Å²) >= 11 is 0. The molecule has 0 aromatic heterocycles. The largest absolute Gasteiger partial charge is 0.466 e. The van der Waals surface area contributed by atoms with Crippen LogP contribution >= 0.6 is 0 Å². The van der Waals surface area contributed by atoms with Crippen molar-refractivity contribution in [3.8, 4) is 0 Å². The van der Waals surface area contributed by atoms with Gasteiger partial charge in [-0.05, 0) is 38.1 Å². The zero-order valence-electron chi connectivity index (χ0n) is 11.2. The van der Waals surface area contributed by atoms with E-state index >= 15 is 0 Å². The van der Waals surface area contributed by atoms with E-state index in [0.29, 0.717) is 6.54 Å². The number of rotatable bonds is 7. The van der Waals surface area contributed by atoms with E-state index in [4.69, 9.17) is 4.74 Å². The fraction of sp³-hybridized carbons (Fsp3) is 0.500. The maximum atomic E-state index is 13.7. The molecule has 0 aliphatic heterocycles. The number of carbonyl (C=O) groups excluding carboxylic acids is 1. The van der Waals surface area contributed by atoms with E-state index in [9.17, 15) is 13.6 Å². The van der Waals surface area contributed by atoms with Crippen molar-refractivity contribution in [2.24, 2.45) is 0 Å². The first-order valence-electron chi connectivity index (χ1n) is 6.42.